The molecule has 2 aromatic rings. The Balaban J connectivity index is 1.41. The summed E-state index contributed by atoms with van der Waals surface area (Å²) in [4.78, 5) is 9.42. The first-order chi connectivity index (χ1) is 13.2. The summed E-state index contributed by atoms with van der Waals surface area (Å²) in [6.07, 6.45) is 1.04. The van der Waals surface area contributed by atoms with Gasteiger partial charge in [-0.3, -0.25) is 4.90 Å². The van der Waals surface area contributed by atoms with Crippen molar-refractivity contribution in [2.75, 3.05) is 57.3 Å². The Morgan fingerprint density at radius 1 is 0.852 bits per heavy atom. The van der Waals surface area contributed by atoms with Crippen LogP contribution in [0.15, 0.2) is 52.3 Å². The standard InChI is InChI=1S/C21H26FN3OS/c22-17-6-7-21-19(16-17)25(18-4-1-2-5-20(18)27-21)9-3-8-23-10-12-24(13-11-23)14-15-26/h1-2,4-7,16,26H,3,8-15H2/i22-1. The van der Waals surface area contributed by atoms with Crippen molar-refractivity contribution in [3.05, 3.63) is 48.3 Å². The molecule has 0 aromatic heterocycles. The molecule has 0 unspecified atom stereocenters. The number of β-amino-alcohol motifs (C(OH)–C–C–N with tert-alkyl or cyclic N) is 1. The van der Waals surface area contributed by atoms with E-state index < -0.39 is 0 Å². The molecule has 144 valence electrons. The predicted octanol–water partition coefficient (Wildman–Crippen LogP) is 3.43. The van der Waals surface area contributed by atoms with Gasteiger partial charge in [-0.1, -0.05) is 23.9 Å². The van der Waals surface area contributed by atoms with Gasteiger partial charge in [0, 0.05) is 49.1 Å². The highest BCUT2D eigenvalue weighted by Crippen LogP contribution is 2.48. The van der Waals surface area contributed by atoms with E-state index in [9.17, 15) is 4.39 Å². The van der Waals surface area contributed by atoms with Crippen LogP contribution in [0.4, 0.5) is 15.8 Å². The SMILES string of the molecule is OCCN1CCN(CCCN2c3ccccc3Sc3ccc([18F])cc32)CC1. The molecule has 27 heavy (non-hydrogen) atoms. The maximum Gasteiger partial charge on any atom is 0.125 e. The monoisotopic (exact) mass is 386 g/mol. The van der Waals surface area contributed by atoms with Crippen LogP contribution in [0.25, 0.3) is 0 Å². The van der Waals surface area contributed by atoms with Crippen molar-refractivity contribution >= 4 is 23.1 Å². The molecule has 0 bridgehead atoms. The van der Waals surface area contributed by atoms with Crippen LogP contribution in [0.5, 0.6) is 0 Å². The highest BCUT2D eigenvalue weighted by Gasteiger charge is 2.24. The highest BCUT2D eigenvalue weighted by atomic mass is 32.2. The summed E-state index contributed by atoms with van der Waals surface area (Å²) in [7, 11) is 0. The summed E-state index contributed by atoms with van der Waals surface area (Å²) in [6.45, 7) is 7.10. The van der Waals surface area contributed by atoms with Crippen molar-refractivity contribution in [2.45, 2.75) is 16.2 Å². The molecule has 1 N–H and O–H groups in total. The quantitative estimate of drug-likeness (QED) is 0.822. The van der Waals surface area contributed by atoms with E-state index in [-0.39, 0.29) is 12.4 Å². The van der Waals surface area contributed by atoms with Crippen LogP contribution >= 0.6 is 11.8 Å². The van der Waals surface area contributed by atoms with E-state index in [1.165, 1.54) is 10.6 Å². The lowest BCUT2D eigenvalue weighted by molar-refractivity contribution is 0.112. The first-order valence-corrected chi connectivity index (χ1v) is 10.5. The zero-order valence-corrected chi connectivity index (χ0v) is 16.3. The first-order valence-electron chi connectivity index (χ1n) is 9.64. The second kappa shape index (κ2) is 8.61. The van der Waals surface area contributed by atoms with E-state index in [1.807, 2.05) is 6.07 Å². The molecule has 0 atom stereocenters. The summed E-state index contributed by atoms with van der Waals surface area (Å²) in [5.41, 5.74) is 2.15. The van der Waals surface area contributed by atoms with Gasteiger partial charge in [-0.15, -0.1) is 0 Å². The van der Waals surface area contributed by atoms with E-state index in [0.717, 1.165) is 62.8 Å². The fraction of sp³-hybridized carbons (Fsp3) is 0.429. The molecule has 4 nitrogen and oxygen atoms in total. The van der Waals surface area contributed by atoms with Crippen LogP contribution in [-0.4, -0.2) is 67.3 Å². The van der Waals surface area contributed by atoms with E-state index in [1.54, 1.807) is 23.9 Å². The number of fused-ring (bicyclic) bond motifs is 2. The van der Waals surface area contributed by atoms with E-state index in [2.05, 4.69) is 39.0 Å². The Morgan fingerprint density at radius 2 is 1.56 bits per heavy atom. The van der Waals surface area contributed by atoms with Gasteiger partial charge in [0.1, 0.15) is 5.82 Å². The maximum atomic E-state index is 13.9. The molecule has 0 saturated carbocycles. The topological polar surface area (TPSA) is 30.0 Å². The Labute approximate surface area is 164 Å². The van der Waals surface area contributed by atoms with Crippen molar-refractivity contribution < 1.29 is 9.50 Å². The normalized spacial score (nSPS) is 17.6. The van der Waals surface area contributed by atoms with E-state index in [0.29, 0.717) is 0 Å². The summed E-state index contributed by atoms with van der Waals surface area (Å²) in [5, 5.41) is 9.06. The molecule has 2 aromatic carbocycles. The van der Waals surface area contributed by atoms with Crippen LogP contribution in [0.1, 0.15) is 6.42 Å². The fourth-order valence-electron chi connectivity index (χ4n) is 3.87. The van der Waals surface area contributed by atoms with Crippen LogP contribution in [0, 0.1) is 5.82 Å². The molecule has 2 heterocycles. The summed E-state index contributed by atoms with van der Waals surface area (Å²) in [5.74, 6) is -0.182. The zero-order chi connectivity index (χ0) is 18.6. The number of para-hydroxylation sites is 1. The van der Waals surface area contributed by atoms with Crippen molar-refractivity contribution in [1.82, 2.24) is 9.80 Å². The average molecular weight is 387 g/mol. The number of rotatable bonds is 6. The van der Waals surface area contributed by atoms with Crippen LogP contribution < -0.4 is 4.90 Å². The largest absolute Gasteiger partial charge is 0.395 e. The Bertz CT molecular complexity index is 780. The third kappa shape index (κ3) is 4.29. The molecule has 0 spiro atoms. The minimum Gasteiger partial charge on any atom is -0.395 e. The highest BCUT2D eigenvalue weighted by molar-refractivity contribution is 7.99. The van der Waals surface area contributed by atoms with Gasteiger partial charge >= 0.3 is 0 Å². The Hall–Kier alpha value is -1.60. The fourth-order valence-corrected chi connectivity index (χ4v) is 4.95. The van der Waals surface area contributed by atoms with Crippen molar-refractivity contribution in [3.8, 4) is 0 Å². The molecular formula is C21H26FN3OS. The second-order valence-corrected chi connectivity index (χ2v) is 8.18. The molecule has 2 aliphatic rings. The lowest BCUT2D eigenvalue weighted by Gasteiger charge is -2.36. The number of anilines is 2. The number of halogens is 1. The van der Waals surface area contributed by atoms with Gasteiger partial charge in [0.25, 0.3) is 0 Å². The van der Waals surface area contributed by atoms with Gasteiger partial charge in [-0.2, -0.15) is 0 Å². The van der Waals surface area contributed by atoms with Crippen LogP contribution in [0.2, 0.25) is 0 Å². The van der Waals surface area contributed by atoms with Gasteiger partial charge in [0.2, 0.25) is 0 Å². The third-order valence-electron chi connectivity index (χ3n) is 5.32. The van der Waals surface area contributed by atoms with E-state index >= 15 is 0 Å². The average Bonchev–Trinajstić information content (AvgIpc) is 2.69. The van der Waals surface area contributed by atoms with E-state index in [4.69, 9.17) is 5.11 Å². The number of benzene rings is 2. The molecule has 4 rings (SSSR count). The van der Waals surface area contributed by atoms with Gasteiger partial charge < -0.3 is 14.9 Å². The first kappa shape index (κ1) is 18.7. The minimum absolute atomic E-state index is 0.182. The molecule has 0 radical (unpaired) electrons. The zero-order valence-electron chi connectivity index (χ0n) is 15.5. The number of piperazine rings is 1. The van der Waals surface area contributed by atoms with Crippen LogP contribution in [-0.2, 0) is 0 Å². The molecule has 1 fully saturated rings. The molecule has 6 heteroatoms. The number of aliphatic hydroxyl groups excluding tert-OH is 1. The number of hydrogen-bond donors (Lipinski definition) is 1. The third-order valence-corrected chi connectivity index (χ3v) is 6.46. The number of nitrogens with zero attached hydrogens (tertiary/aromatic N) is 3. The maximum absolute atomic E-state index is 13.9. The summed E-state index contributed by atoms with van der Waals surface area (Å²) < 4.78 is 13.9. The summed E-state index contributed by atoms with van der Waals surface area (Å²) in [6, 6.07) is 13.5. The van der Waals surface area contributed by atoms with Gasteiger partial charge in [-0.05, 0) is 43.3 Å². The minimum atomic E-state index is -0.182. The van der Waals surface area contributed by atoms with Gasteiger partial charge in [0.05, 0.1) is 18.0 Å². The van der Waals surface area contributed by atoms with Crippen LogP contribution in [0.3, 0.4) is 0 Å². The summed E-state index contributed by atoms with van der Waals surface area (Å²) >= 11 is 1.72. The Morgan fingerprint density at radius 3 is 2.33 bits per heavy atom. The van der Waals surface area contributed by atoms with Crippen molar-refractivity contribution in [2.24, 2.45) is 0 Å². The Kier molecular flexibility index (Phi) is 5.98. The number of hydrogen-bond acceptors (Lipinski definition) is 5. The second-order valence-electron chi connectivity index (χ2n) is 7.09. The molecule has 0 aliphatic carbocycles. The van der Waals surface area contributed by atoms with Gasteiger partial charge in [-0.25, -0.2) is 4.39 Å². The van der Waals surface area contributed by atoms with Gasteiger partial charge in [0.15, 0.2) is 0 Å². The van der Waals surface area contributed by atoms with Crippen molar-refractivity contribution in [3.63, 3.8) is 0 Å². The van der Waals surface area contributed by atoms with Crippen molar-refractivity contribution in [1.29, 1.82) is 0 Å². The predicted molar refractivity (Wildman–Crippen MR) is 109 cm³/mol. The molecule has 0 amide bonds. The molecule has 1 saturated heterocycles. The molecular weight excluding hydrogens is 360 g/mol. The lowest BCUT2D eigenvalue weighted by atomic mass is 10.2. The smallest absolute Gasteiger partial charge is 0.125 e. The number of aliphatic hydroxyl groups is 1. The lowest BCUT2D eigenvalue weighted by Crippen LogP contribution is -2.47. The molecule has 2 aliphatic heterocycles.